The molecule has 1 aliphatic heterocycles. The Balaban J connectivity index is 0.00000361. The molecule has 1 atom stereocenters. The van der Waals surface area contributed by atoms with Crippen LogP contribution in [0.1, 0.15) is 26.2 Å². The lowest BCUT2D eigenvalue weighted by Gasteiger charge is -2.34. The van der Waals surface area contributed by atoms with E-state index in [0.29, 0.717) is 12.3 Å². The molecule has 1 rings (SSSR count). The number of nitrogens with zero attached hydrogens (tertiary/aromatic N) is 2. The van der Waals surface area contributed by atoms with E-state index >= 15 is 0 Å². The zero-order valence-corrected chi connectivity index (χ0v) is 15.6. The number of thioether (sulfide) groups is 1. The first-order valence-electron chi connectivity index (χ1n) is 6.97. The second kappa shape index (κ2) is 11.5. The van der Waals surface area contributed by atoms with Gasteiger partial charge in [-0.05, 0) is 31.9 Å². The summed E-state index contributed by atoms with van der Waals surface area (Å²) in [5.74, 6) is 2.19. The summed E-state index contributed by atoms with van der Waals surface area (Å²) in [5.41, 5.74) is 5.30. The Hall–Kier alpha value is -0.180. The average Bonchev–Trinajstić information content (AvgIpc) is 2.37. The number of aliphatic imine (C=N–C) groups is 1. The third-order valence-electron chi connectivity index (χ3n) is 3.20. The number of hydrogen-bond donors (Lipinski definition) is 2. The van der Waals surface area contributed by atoms with Crippen molar-refractivity contribution < 1.29 is 4.79 Å². The maximum atomic E-state index is 11.0. The lowest BCUT2D eigenvalue weighted by molar-refractivity contribution is -0.119. The highest BCUT2D eigenvalue weighted by atomic mass is 127. The summed E-state index contributed by atoms with van der Waals surface area (Å²) in [6.07, 6.45) is 4.77. The lowest BCUT2D eigenvalue weighted by atomic mass is 9.95. The van der Waals surface area contributed by atoms with Gasteiger partial charge in [0.25, 0.3) is 0 Å². The van der Waals surface area contributed by atoms with Crippen LogP contribution in [0, 0.1) is 5.92 Å². The fourth-order valence-electron chi connectivity index (χ4n) is 2.38. The Morgan fingerprint density at radius 2 is 2.30 bits per heavy atom. The number of piperidine rings is 1. The maximum absolute atomic E-state index is 11.0. The van der Waals surface area contributed by atoms with E-state index in [1.165, 1.54) is 0 Å². The van der Waals surface area contributed by atoms with Gasteiger partial charge in [-0.1, -0.05) is 0 Å². The van der Waals surface area contributed by atoms with Crippen molar-refractivity contribution in [1.82, 2.24) is 10.2 Å². The van der Waals surface area contributed by atoms with Crippen LogP contribution < -0.4 is 11.1 Å². The van der Waals surface area contributed by atoms with Crippen molar-refractivity contribution in [2.75, 3.05) is 38.2 Å². The molecule has 20 heavy (non-hydrogen) atoms. The maximum Gasteiger partial charge on any atom is 0.217 e. The number of primary amides is 1. The molecule has 1 fully saturated rings. The molecule has 7 heteroatoms. The molecule has 0 aromatic rings. The second-order valence-electron chi connectivity index (χ2n) is 4.85. The van der Waals surface area contributed by atoms with Gasteiger partial charge in [0.2, 0.25) is 5.91 Å². The zero-order chi connectivity index (χ0) is 14.1. The van der Waals surface area contributed by atoms with Gasteiger partial charge in [-0.3, -0.25) is 9.79 Å². The number of nitrogens with two attached hydrogens (primary N) is 1. The summed E-state index contributed by atoms with van der Waals surface area (Å²) in [6, 6.07) is 0. The van der Waals surface area contributed by atoms with Crippen molar-refractivity contribution in [3.63, 3.8) is 0 Å². The van der Waals surface area contributed by atoms with E-state index in [9.17, 15) is 4.79 Å². The van der Waals surface area contributed by atoms with Gasteiger partial charge in [0.1, 0.15) is 0 Å². The first-order chi connectivity index (χ1) is 9.17. The van der Waals surface area contributed by atoms with E-state index in [4.69, 9.17) is 5.73 Å². The van der Waals surface area contributed by atoms with E-state index in [-0.39, 0.29) is 29.9 Å². The average molecular weight is 414 g/mol. The second-order valence-corrected chi connectivity index (χ2v) is 5.84. The molecule has 1 amide bonds. The van der Waals surface area contributed by atoms with E-state index in [2.05, 4.69) is 28.4 Å². The van der Waals surface area contributed by atoms with Crippen LogP contribution in [0.4, 0.5) is 0 Å². The number of halogens is 1. The van der Waals surface area contributed by atoms with Crippen LogP contribution in [-0.4, -0.2) is 55.0 Å². The first-order valence-corrected chi connectivity index (χ1v) is 8.37. The predicted molar refractivity (Wildman–Crippen MR) is 97.9 cm³/mol. The molecule has 0 spiro atoms. The van der Waals surface area contributed by atoms with Gasteiger partial charge in [-0.15, -0.1) is 24.0 Å². The minimum absolute atomic E-state index is 0. The zero-order valence-electron chi connectivity index (χ0n) is 12.4. The van der Waals surface area contributed by atoms with Crippen LogP contribution in [0.5, 0.6) is 0 Å². The Morgan fingerprint density at radius 3 is 2.90 bits per heavy atom. The Bertz CT molecular complexity index is 315. The fourth-order valence-corrected chi connectivity index (χ4v) is 2.65. The standard InChI is InChI=1S/C13H26N4OS.HI/c1-3-15-13(16-6-8-19-2)17-7-4-5-11(10-17)9-12(14)18;/h11H,3-10H2,1-2H3,(H2,14,18)(H,15,16);1H. The van der Waals surface area contributed by atoms with E-state index in [1.807, 2.05) is 0 Å². The summed E-state index contributed by atoms with van der Waals surface area (Å²) >= 11 is 1.80. The number of likely N-dealkylation sites (tertiary alicyclic amines) is 1. The van der Waals surface area contributed by atoms with Crippen LogP contribution in [0.2, 0.25) is 0 Å². The molecule has 1 saturated heterocycles. The molecule has 118 valence electrons. The molecule has 1 unspecified atom stereocenters. The van der Waals surface area contributed by atoms with Gasteiger partial charge in [-0.2, -0.15) is 11.8 Å². The summed E-state index contributed by atoms with van der Waals surface area (Å²) in [7, 11) is 0. The molecule has 0 saturated carbocycles. The number of nitrogens with one attached hydrogen (secondary N) is 1. The number of rotatable bonds is 6. The van der Waals surface area contributed by atoms with Crippen molar-refractivity contribution in [1.29, 1.82) is 0 Å². The van der Waals surface area contributed by atoms with Gasteiger partial charge in [0, 0.05) is 31.8 Å². The van der Waals surface area contributed by atoms with Crippen LogP contribution in [0.3, 0.4) is 0 Å². The van der Waals surface area contributed by atoms with Gasteiger partial charge < -0.3 is 16.0 Å². The quantitative estimate of drug-likeness (QED) is 0.299. The van der Waals surface area contributed by atoms with Crippen LogP contribution in [0.15, 0.2) is 4.99 Å². The number of amides is 1. The van der Waals surface area contributed by atoms with Gasteiger partial charge >= 0.3 is 0 Å². The third-order valence-corrected chi connectivity index (χ3v) is 3.79. The Labute approximate surface area is 143 Å². The van der Waals surface area contributed by atoms with Crippen molar-refractivity contribution in [3.8, 4) is 0 Å². The molecule has 0 bridgehead atoms. The highest BCUT2D eigenvalue weighted by Crippen LogP contribution is 2.19. The van der Waals surface area contributed by atoms with Crippen LogP contribution in [-0.2, 0) is 4.79 Å². The number of guanidine groups is 1. The van der Waals surface area contributed by atoms with Gasteiger partial charge in [0.05, 0.1) is 6.54 Å². The van der Waals surface area contributed by atoms with Crippen LogP contribution in [0.25, 0.3) is 0 Å². The van der Waals surface area contributed by atoms with E-state index < -0.39 is 0 Å². The Morgan fingerprint density at radius 1 is 1.55 bits per heavy atom. The molecule has 1 heterocycles. The smallest absolute Gasteiger partial charge is 0.217 e. The van der Waals surface area contributed by atoms with E-state index in [1.54, 1.807) is 11.8 Å². The first kappa shape index (κ1) is 19.8. The largest absolute Gasteiger partial charge is 0.370 e. The number of carbonyl (C=O) groups is 1. The van der Waals surface area contributed by atoms with Crippen molar-refractivity contribution in [2.24, 2.45) is 16.6 Å². The number of carbonyl (C=O) groups excluding carboxylic acids is 1. The summed E-state index contributed by atoms with van der Waals surface area (Å²) in [4.78, 5) is 17.9. The van der Waals surface area contributed by atoms with Gasteiger partial charge in [0.15, 0.2) is 5.96 Å². The summed E-state index contributed by atoms with van der Waals surface area (Å²) in [6.45, 7) is 5.68. The minimum Gasteiger partial charge on any atom is -0.370 e. The molecular weight excluding hydrogens is 387 g/mol. The monoisotopic (exact) mass is 414 g/mol. The predicted octanol–water partition coefficient (Wildman–Crippen LogP) is 1.52. The normalized spacial score (nSPS) is 19.4. The molecule has 1 aliphatic rings. The highest BCUT2D eigenvalue weighted by Gasteiger charge is 2.23. The molecule has 3 N–H and O–H groups in total. The minimum atomic E-state index is -0.198. The fraction of sp³-hybridized carbons (Fsp3) is 0.846. The molecule has 5 nitrogen and oxygen atoms in total. The topological polar surface area (TPSA) is 70.7 Å². The molecule has 0 aromatic heterocycles. The van der Waals surface area contributed by atoms with Crippen molar-refractivity contribution in [2.45, 2.75) is 26.2 Å². The van der Waals surface area contributed by atoms with Gasteiger partial charge in [-0.25, -0.2) is 0 Å². The van der Waals surface area contributed by atoms with Crippen LogP contribution >= 0.6 is 35.7 Å². The van der Waals surface area contributed by atoms with Crippen molar-refractivity contribution in [3.05, 3.63) is 0 Å². The van der Waals surface area contributed by atoms with Crippen molar-refractivity contribution >= 4 is 47.6 Å². The summed E-state index contributed by atoms with van der Waals surface area (Å²) < 4.78 is 0. The summed E-state index contributed by atoms with van der Waals surface area (Å²) in [5, 5.41) is 3.34. The Kier molecular flexibility index (Phi) is 11.4. The SMILES string of the molecule is CCNC(=NCCSC)N1CCCC(CC(N)=O)C1.I. The molecule has 0 aromatic carbocycles. The number of hydrogen-bond acceptors (Lipinski definition) is 3. The highest BCUT2D eigenvalue weighted by molar-refractivity contribution is 14.0. The molecular formula is C13H27IN4OS. The lowest BCUT2D eigenvalue weighted by Crippen LogP contribution is -2.47. The molecule has 0 aliphatic carbocycles. The molecule has 0 radical (unpaired) electrons. The third kappa shape index (κ3) is 7.56. The van der Waals surface area contributed by atoms with E-state index in [0.717, 1.165) is 50.7 Å².